The first-order valence-electron chi connectivity index (χ1n) is 33.5. The maximum absolute atomic E-state index is 14.1. The third-order valence-electron chi connectivity index (χ3n) is 16.3. The highest BCUT2D eigenvalue weighted by atomic mass is 32.2. The number of amides is 8. The highest BCUT2D eigenvalue weighted by molar-refractivity contribution is 7.99. The minimum Gasteiger partial charge on any atom is -0.394 e. The van der Waals surface area contributed by atoms with Crippen LogP contribution in [0.2, 0.25) is 0 Å². The van der Waals surface area contributed by atoms with E-state index >= 15 is 0 Å². The number of nitrogens with one attached hydrogen (secondary N) is 8. The van der Waals surface area contributed by atoms with Gasteiger partial charge in [-0.15, -0.1) is 23.5 Å². The minimum atomic E-state index is -3.68. The first-order chi connectivity index (χ1) is 46.5. The lowest BCUT2D eigenvalue weighted by Gasteiger charge is -2.42. The molecule has 2 heterocycles. The van der Waals surface area contributed by atoms with Crippen LogP contribution >= 0.6 is 31.1 Å². The summed E-state index contributed by atoms with van der Waals surface area (Å²) >= 11 is 2.31. The van der Waals surface area contributed by atoms with E-state index in [1.54, 1.807) is 0 Å². The smallest absolute Gasteiger partial charge is 0.327 e. The van der Waals surface area contributed by atoms with Crippen LogP contribution in [0.3, 0.4) is 0 Å². The monoisotopic (exact) mass is 1480 g/mol. The summed E-state index contributed by atoms with van der Waals surface area (Å²) < 4.78 is 51.7. The maximum atomic E-state index is 14.1. The summed E-state index contributed by atoms with van der Waals surface area (Å²) in [6, 6.07) is -3.41. The van der Waals surface area contributed by atoms with Gasteiger partial charge in [0.15, 0.2) is 18.9 Å². The summed E-state index contributed by atoms with van der Waals surface area (Å²) in [5.41, 5.74) is -2.04. The minimum absolute atomic E-state index is 0.00696. The Bertz CT molecular complexity index is 2490. The maximum Gasteiger partial charge on any atom is 0.327 e. The van der Waals surface area contributed by atoms with E-state index in [4.69, 9.17) is 32.9 Å². The van der Waals surface area contributed by atoms with Crippen molar-refractivity contribution in [1.82, 2.24) is 42.5 Å². The summed E-state index contributed by atoms with van der Waals surface area (Å²) in [5, 5.41) is 114. The number of aliphatic hydroxyl groups excluding tert-OH is 9. The Morgan fingerprint density at radius 1 is 0.626 bits per heavy atom. The van der Waals surface area contributed by atoms with Crippen LogP contribution < -0.4 is 42.5 Å². The quantitative estimate of drug-likeness (QED) is 0.0172. The molecule has 0 aromatic carbocycles. The number of thioether (sulfide) groups is 2. The van der Waals surface area contributed by atoms with Crippen molar-refractivity contribution in [2.24, 2.45) is 23.2 Å². The van der Waals surface area contributed by atoms with Gasteiger partial charge in [-0.1, -0.05) is 41.5 Å². The van der Waals surface area contributed by atoms with Crippen molar-refractivity contribution in [2.45, 2.75) is 231 Å². The fourth-order valence-corrected chi connectivity index (χ4v) is 12.9. The van der Waals surface area contributed by atoms with Crippen LogP contribution in [-0.4, -0.2) is 278 Å². The number of aliphatic hydroxyl groups is 9. The Labute approximate surface area is 588 Å². The van der Waals surface area contributed by atoms with E-state index in [0.717, 1.165) is 11.8 Å². The van der Waals surface area contributed by atoms with Crippen LogP contribution in [0.1, 0.15) is 140 Å². The second-order valence-corrected chi connectivity index (χ2v) is 30.6. The van der Waals surface area contributed by atoms with E-state index in [0.29, 0.717) is 18.6 Å². The molecule has 2 rings (SSSR count). The van der Waals surface area contributed by atoms with Crippen LogP contribution in [0.5, 0.6) is 0 Å². The lowest BCUT2D eigenvalue weighted by molar-refractivity contribution is -0.272. The lowest BCUT2D eigenvalue weighted by atomic mass is 9.82. The molecule has 576 valence electrons. The standard InChI is InChI=1S/C62H115N8O26PS2/c1-11-97(88,89)93-21-22-98-33-65-47(79)13-12-14-51(83)70-62(20-17-50(82)66-34-99-35-92-60-53(69-42(8)78)57(87)55(85)46(30-74)96-60,18-15-48(80)63-25-36(2)23-37(3)31-90-59-52(68-41(7)77)56(86)54(84)45(29-73)95-59)19-16-49(81)64-26-38(4)24-61(9,10)32-91-58(43(27-71)67-40(6)76)94-44(28-72)39(5)75/h36-39,43-46,52-60,71-75,84-87H,11-35H2,1-10H3,(H,63,80)(H,64,81)(H,65,79)(H,66,82)(H,67,76)(H,68,77)(H,69,78)(H,70,83)(H,88,89)/t36?,37?,38?,39-,43+,44?,45?,46?,52?,53?,54?,55?,56?,57?,58?,59?,60?,62?/m1/s1. The zero-order valence-electron chi connectivity index (χ0n) is 58.8. The molecule has 0 bridgehead atoms. The van der Waals surface area contributed by atoms with Crippen LogP contribution in [0.15, 0.2) is 0 Å². The molecule has 34 nitrogen and oxygen atoms in total. The van der Waals surface area contributed by atoms with Crippen LogP contribution in [0.4, 0.5) is 0 Å². The van der Waals surface area contributed by atoms with E-state index in [2.05, 4.69) is 42.5 Å². The number of ether oxygens (including phenoxy) is 6. The largest absolute Gasteiger partial charge is 0.394 e. The Morgan fingerprint density at radius 3 is 1.61 bits per heavy atom. The van der Waals surface area contributed by atoms with Crippen molar-refractivity contribution in [2.75, 3.05) is 88.9 Å². The average Bonchev–Trinajstić information content (AvgIpc) is 0.818. The van der Waals surface area contributed by atoms with Crippen molar-refractivity contribution < 1.29 is 127 Å². The molecule has 0 aromatic rings. The fraction of sp³-hybridized carbons (Fsp3) is 0.871. The van der Waals surface area contributed by atoms with Crippen molar-refractivity contribution >= 4 is 78.4 Å². The molecule has 0 spiro atoms. The number of carbonyl (C=O) groups excluding carboxylic acids is 8. The van der Waals surface area contributed by atoms with E-state index in [1.165, 1.54) is 46.4 Å². The topological polar surface area (TPSA) is 517 Å². The van der Waals surface area contributed by atoms with Gasteiger partial charge >= 0.3 is 7.60 Å². The molecular weight excluding hydrogens is 1370 g/mol. The van der Waals surface area contributed by atoms with Gasteiger partial charge in [0, 0.05) is 83.4 Å². The molecule has 2 aliphatic heterocycles. The van der Waals surface area contributed by atoms with E-state index < -0.39 is 172 Å². The highest BCUT2D eigenvalue weighted by Crippen LogP contribution is 2.41. The fourth-order valence-electron chi connectivity index (χ4n) is 11.0. The number of hydrogen-bond donors (Lipinski definition) is 18. The molecular formula is C62H115N8O26PS2. The van der Waals surface area contributed by atoms with Gasteiger partial charge in [-0.3, -0.25) is 42.9 Å². The molecule has 0 aromatic heterocycles. The molecule has 2 aliphatic rings. The predicted molar refractivity (Wildman–Crippen MR) is 362 cm³/mol. The Kier molecular flexibility index (Phi) is 43.6. The molecule has 2 fully saturated rings. The Balaban J connectivity index is 2.39. The number of hydrogen-bond acceptors (Lipinski definition) is 27. The van der Waals surface area contributed by atoms with E-state index in [1.807, 2.05) is 34.6 Å². The molecule has 0 radical (unpaired) electrons. The molecule has 2 saturated heterocycles. The highest BCUT2D eigenvalue weighted by Gasteiger charge is 2.47. The second kappa shape index (κ2) is 47.4. The van der Waals surface area contributed by atoms with Gasteiger partial charge in [-0.25, -0.2) is 0 Å². The Morgan fingerprint density at radius 2 is 1.12 bits per heavy atom. The number of rotatable bonds is 51. The summed E-state index contributed by atoms with van der Waals surface area (Å²) in [5.74, 6) is -4.16. The van der Waals surface area contributed by atoms with Crippen molar-refractivity contribution in [3.8, 4) is 0 Å². The zero-order chi connectivity index (χ0) is 74.6. The SMILES string of the molecule is CCP(=O)(O)OCCSCNC(=O)CCCC(=O)NC(CCC(=O)NCSCOC1OC(CO)C(O)C(O)C1NC(C)=O)(CCC(=O)NCC(C)CC(C)COC1OC(CO)C(O)C(O)C1NC(C)=O)CCC(=O)NCC(C)CC(C)(C)COC(OC(CO)[C@@H](C)O)[C@H](CO)NC(C)=O. The van der Waals surface area contributed by atoms with E-state index in [9.17, 15) is 93.8 Å². The van der Waals surface area contributed by atoms with Gasteiger partial charge < -0.3 is 126 Å². The Hall–Kier alpha value is -3.99. The van der Waals surface area contributed by atoms with Gasteiger partial charge in [0.1, 0.15) is 60.9 Å². The van der Waals surface area contributed by atoms with Crippen molar-refractivity contribution in [1.29, 1.82) is 0 Å². The molecule has 8 amide bonds. The second-order valence-electron chi connectivity index (χ2n) is 26.3. The summed E-state index contributed by atoms with van der Waals surface area (Å²) in [7, 11) is -3.68. The first-order valence-corrected chi connectivity index (χ1v) is 37.6. The summed E-state index contributed by atoms with van der Waals surface area (Å²) in [6.45, 7) is 13.9. The van der Waals surface area contributed by atoms with Gasteiger partial charge in [-0.2, -0.15) is 0 Å². The normalized spacial score (nSPS) is 24.4. The van der Waals surface area contributed by atoms with Gasteiger partial charge in [0.05, 0.1) is 70.0 Å². The third-order valence-corrected chi connectivity index (χ3v) is 19.2. The number of carbonyl (C=O) groups is 8. The van der Waals surface area contributed by atoms with Crippen LogP contribution in [0, 0.1) is 23.2 Å². The van der Waals surface area contributed by atoms with Crippen LogP contribution in [0.25, 0.3) is 0 Å². The first kappa shape index (κ1) is 91.1. The molecule has 17 unspecified atom stereocenters. The van der Waals surface area contributed by atoms with E-state index in [-0.39, 0.29) is 138 Å². The summed E-state index contributed by atoms with van der Waals surface area (Å²) in [6.07, 6.45) is -14.8. The molecule has 0 aliphatic carbocycles. The van der Waals surface area contributed by atoms with Crippen molar-refractivity contribution in [3.63, 3.8) is 0 Å². The molecule has 18 N–H and O–H groups in total. The van der Waals surface area contributed by atoms with Gasteiger partial charge in [0.2, 0.25) is 47.3 Å². The molecule has 99 heavy (non-hydrogen) atoms. The molecule has 19 atom stereocenters. The molecule has 0 saturated carbocycles. The zero-order valence-corrected chi connectivity index (χ0v) is 61.3. The average molecular weight is 1480 g/mol. The van der Waals surface area contributed by atoms with Crippen molar-refractivity contribution in [3.05, 3.63) is 0 Å². The van der Waals surface area contributed by atoms with Gasteiger partial charge in [-0.05, 0) is 68.6 Å². The lowest BCUT2D eigenvalue weighted by Crippen LogP contribution is -2.64. The third kappa shape index (κ3) is 36.3. The van der Waals surface area contributed by atoms with Gasteiger partial charge in [0.25, 0.3) is 0 Å². The predicted octanol–water partition coefficient (Wildman–Crippen LogP) is -2.39. The van der Waals surface area contributed by atoms with Crippen LogP contribution in [-0.2, 0) is 75.9 Å². The summed E-state index contributed by atoms with van der Waals surface area (Å²) in [4.78, 5) is 114. The molecule has 37 heteroatoms.